The second kappa shape index (κ2) is 6.07. The number of hydrogen-bond acceptors (Lipinski definition) is 2. The summed E-state index contributed by atoms with van der Waals surface area (Å²) in [6.07, 6.45) is 5.31. The van der Waals surface area contributed by atoms with Crippen LogP contribution < -0.4 is 10.1 Å². The van der Waals surface area contributed by atoms with E-state index in [-0.39, 0.29) is 5.41 Å². The van der Waals surface area contributed by atoms with Crippen LogP contribution in [0.1, 0.15) is 58.9 Å². The van der Waals surface area contributed by atoms with Crippen LogP contribution in [0.5, 0.6) is 5.75 Å². The molecular weight excluding hydrogens is 246 g/mol. The maximum absolute atomic E-state index is 5.53. The minimum Gasteiger partial charge on any atom is -0.495 e. The molecule has 0 saturated heterocycles. The van der Waals surface area contributed by atoms with Gasteiger partial charge in [0.25, 0.3) is 0 Å². The fraction of sp³-hybridized carbons (Fsp3) is 0.667. The van der Waals surface area contributed by atoms with E-state index in [1.165, 1.54) is 31.2 Å². The fourth-order valence-electron chi connectivity index (χ4n) is 3.02. The first-order valence-corrected chi connectivity index (χ1v) is 7.87. The summed E-state index contributed by atoms with van der Waals surface area (Å²) >= 11 is 0. The number of methoxy groups -OCH3 is 1. The van der Waals surface area contributed by atoms with Crippen LogP contribution in [0.4, 0.5) is 5.69 Å². The summed E-state index contributed by atoms with van der Waals surface area (Å²) in [4.78, 5) is 0. The van der Waals surface area contributed by atoms with Gasteiger partial charge in [-0.05, 0) is 41.9 Å². The van der Waals surface area contributed by atoms with Gasteiger partial charge in [0.15, 0.2) is 0 Å². The molecular formula is C18H29NO. The van der Waals surface area contributed by atoms with Gasteiger partial charge in [-0.25, -0.2) is 0 Å². The Kier molecular flexibility index (Phi) is 4.62. The van der Waals surface area contributed by atoms with Gasteiger partial charge in [-0.1, -0.05) is 46.6 Å². The molecule has 0 radical (unpaired) electrons. The quantitative estimate of drug-likeness (QED) is 0.839. The highest BCUT2D eigenvalue weighted by Crippen LogP contribution is 2.34. The van der Waals surface area contributed by atoms with Crippen molar-refractivity contribution in [3.63, 3.8) is 0 Å². The highest BCUT2D eigenvalue weighted by Gasteiger charge is 2.23. The van der Waals surface area contributed by atoms with Crippen molar-refractivity contribution in [2.75, 3.05) is 12.4 Å². The molecule has 0 heterocycles. The Morgan fingerprint density at radius 1 is 1.15 bits per heavy atom. The minimum atomic E-state index is 0.168. The Labute approximate surface area is 123 Å². The Hall–Kier alpha value is -1.18. The molecule has 0 amide bonds. The van der Waals surface area contributed by atoms with Crippen molar-refractivity contribution in [3.8, 4) is 5.75 Å². The van der Waals surface area contributed by atoms with Gasteiger partial charge in [0.2, 0.25) is 0 Å². The van der Waals surface area contributed by atoms with Gasteiger partial charge >= 0.3 is 0 Å². The van der Waals surface area contributed by atoms with Gasteiger partial charge in [0, 0.05) is 6.04 Å². The smallest absolute Gasteiger partial charge is 0.141 e. The number of rotatable bonds is 3. The number of nitrogens with one attached hydrogen (secondary N) is 1. The third-order valence-corrected chi connectivity index (χ3v) is 4.52. The van der Waals surface area contributed by atoms with Crippen molar-refractivity contribution < 1.29 is 4.74 Å². The van der Waals surface area contributed by atoms with Gasteiger partial charge in [-0.3, -0.25) is 0 Å². The average Bonchev–Trinajstić information content (AvgIpc) is 2.40. The SMILES string of the molecule is COc1ccc(C(C)(C)C)cc1NC1CCCCC1C. The lowest BCUT2D eigenvalue weighted by atomic mass is 9.84. The summed E-state index contributed by atoms with van der Waals surface area (Å²) < 4.78 is 5.53. The monoisotopic (exact) mass is 275 g/mol. The van der Waals surface area contributed by atoms with Crippen LogP contribution in [-0.4, -0.2) is 13.2 Å². The zero-order chi connectivity index (χ0) is 14.8. The van der Waals surface area contributed by atoms with Crippen molar-refractivity contribution in [2.24, 2.45) is 5.92 Å². The van der Waals surface area contributed by atoms with E-state index >= 15 is 0 Å². The second-order valence-electron chi connectivity index (χ2n) is 7.18. The first-order chi connectivity index (χ1) is 9.41. The van der Waals surface area contributed by atoms with Crippen LogP contribution >= 0.6 is 0 Å². The van der Waals surface area contributed by atoms with E-state index in [1.807, 2.05) is 0 Å². The summed E-state index contributed by atoms with van der Waals surface area (Å²) in [5.41, 5.74) is 2.67. The zero-order valence-electron chi connectivity index (χ0n) is 13.6. The second-order valence-corrected chi connectivity index (χ2v) is 7.18. The predicted molar refractivity (Wildman–Crippen MR) is 86.7 cm³/mol. The lowest BCUT2D eigenvalue weighted by Gasteiger charge is -2.31. The molecule has 0 aliphatic heterocycles. The van der Waals surface area contributed by atoms with Gasteiger partial charge < -0.3 is 10.1 Å². The number of ether oxygens (including phenoxy) is 1. The molecule has 1 saturated carbocycles. The highest BCUT2D eigenvalue weighted by molar-refractivity contribution is 5.59. The van der Waals surface area contributed by atoms with Crippen LogP contribution in [0.3, 0.4) is 0 Å². The normalized spacial score (nSPS) is 23.4. The number of hydrogen-bond donors (Lipinski definition) is 1. The maximum Gasteiger partial charge on any atom is 0.141 e. The molecule has 0 aromatic heterocycles. The highest BCUT2D eigenvalue weighted by atomic mass is 16.5. The van der Waals surface area contributed by atoms with Crippen molar-refractivity contribution in [1.29, 1.82) is 0 Å². The van der Waals surface area contributed by atoms with Crippen LogP contribution in [0.25, 0.3) is 0 Å². The van der Waals surface area contributed by atoms with Crippen molar-refractivity contribution >= 4 is 5.69 Å². The van der Waals surface area contributed by atoms with Crippen LogP contribution in [0.15, 0.2) is 18.2 Å². The molecule has 2 unspecified atom stereocenters. The van der Waals surface area contributed by atoms with Gasteiger partial charge in [0.05, 0.1) is 12.8 Å². The summed E-state index contributed by atoms with van der Waals surface area (Å²) in [5, 5.41) is 3.74. The largest absolute Gasteiger partial charge is 0.495 e. The van der Waals surface area contributed by atoms with E-state index in [4.69, 9.17) is 4.74 Å². The van der Waals surface area contributed by atoms with Crippen LogP contribution in [-0.2, 0) is 5.41 Å². The van der Waals surface area contributed by atoms with Crippen LogP contribution in [0, 0.1) is 5.92 Å². The van der Waals surface area contributed by atoms with Crippen LogP contribution in [0.2, 0.25) is 0 Å². The Morgan fingerprint density at radius 2 is 1.85 bits per heavy atom. The molecule has 0 spiro atoms. The average molecular weight is 275 g/mol. The molecule has 1 aliphatic carbocycles. The first-order valence-electron chi connectivity index (χ1n) is 7.87. The van der Waals surface area contributed by atoms with E-state index < -0.39 is 0 Å². The van der Waals surface area contributed by atoms with E-state index in [0.29, 0.717) is 6.04 Å². The van der Waals surface area contributed by atoms with E-state index in [1.54, 1.807) is 7.11 Å². The minimum absolute atomic E-state index is 0.168. The third-order valence-electron chi connectivity index (χ3n) is 4.52. The first kappa shape index (κ1) is 15.2. The maximum atomic E-state index is 5.53. The summed E-state index contributed by atoms with van der Waals surface area (Å²) in [6, 6.07) is 7.11. The number of anilines is 1. The molecule has 2 atom stereocenters. The van der Waals surface area contributed by atoms with E-state index in [9.17, 15) is 0 Å². The molecule has 1 N–H and O–H groups in total. The van der Waals surface area contributed by atoms with Gasteiger partial charge in [-0.15, -0.1) is 0 Å². The van der Waals surface area contributed by atoms with E-state index in [2.05, 4.69) is 51.2 Å². The summed E-state index contributed by atoms with van der Waals surface area (Å²) in [5.74, 6) is 1.70. The standard InChI is InChI=1S/C18H29NO/c1-13-8-6-7-9-15(13)19-16-12-14(18(2,3)4)10-11-17(16)20-5/h10-13,15,19H,6-9H2,1-5H3. The van der Waals surface area contributed by atoms with Gasteiger partial charge in [-0.2, -0.15) is 0 Å². The summed E-state index contributed by atoms with van der Waals surface area (Å²) in [7, 11) is 1.75. The molecule has 2 heteroatoms. The molecule has 112 valence electrons. The molecule has 1 aromatic rings. The fourth-order valence-corrected chi connectivity index (χ4v) is 3.02. The molecule has 2 nitrogen and oxygen atoms in total. The van der Waals surface area contributed by atoms with Crippen molar-refractivity contribution in [3.05, 3.63) is 23.8 Å². The molecule has 1 fully saturated rings. The third kappa shape index (κ3) is 3.47. The summed E-state index contributed by atoms with van der Waals surface area (Å²) in [6.45, 7) is 9.11. The molecule has 0 bridgehead atoms. The van der Waals surface area contributed by atoms with Crippen molar-refractivity contribution in [2.45, 2.75) is 64.8 Å². The lowest BCUT2D eigenvalue weighted by Crippen LogP contribution is -2.30. The zero-order valence-corrected chi connectivity index (χ0v) is 13.6. The van der Waals surface area contributed by atoms with E-state index in [0.717, 1.165) is 17.4 Å². The Balaban J connectivity index is 2.24. The Bertz CT molecular complexity index is 447. The molecule has 20 heavy (non-hydrogen) atoms. The molecule has 2 rings (SSSR count). The van der Waals surface area contributed by atoms with Crippen molar-refractivity contribution in [1.82, 2.24) is 0 Å². The molecule has 1 aliphatic rings. The lowest BCUT2D eigenvalue weighted by molar-refractivity contribution is 0.347. The Morgan fingerprint density at radius 3 is 2.45 bits per heavy atom. The molecule has 1 aromatic carbocycles. The predicted octanol–water partition coefficient (Wildman–Crippen LogP) is 4.98. The topological polar surface area (TPSA) is 21.3 Å². The van der Waals surface area contributed by atoms with Gasteiger partial charge in [0.1, 0.15) is 5.75 Å². The number of benzene rings is 1.